The van der Waals surface area contributed by atoms with Crippen LogP contribution in [0.1, 0.15) is 11.1 Å². The lowest BCUT2D eigenvalue weighted by atomic mass is 10.0. The predicted octanol–water partition coefficient (Wildman–Crippen LogP) is 4.89. The van der Waals surface area contributed by atoms with Gasteiger partial charge in [-0.1, -0.05) is 72.8 Å². The first-order valence-corrected chi connectivity index (χ1v) is 13.2. The number of amides is 1. The Kier molecular flexibility index (Phi) is 8.22. The van der Waals surface area contributed by atoms with Crippen LogP contribution in [0.3, 0.4) is 0 Å². The van der Waals surface area contributed by atoms with Gasteiger partial charge in [0.15, 0.2) is 5.11 Å². The second-order valence-electron chi connectivity index (χ2n) is 8.00. The zero-order valence-corrected chi connectivity index (χ0v) is 21.0. The summed E-state index contributed by atoms with van der Waals surface area (Å²) < 4.78 is 27.7. The summed E-state index contributed by atoms with van der Waals surface area (Å²) in [5, 5.41) is 7.75. The smallest absolute Gasteiger partial charge is 0.250 e. The van der Waals surface area contributed by atoms with Crippen molar-refractivity contribution in [3.05, 3.63) is 114 Å². The molecule has 6 nitrogen and oxygen atoms in total. The molecule has 0 aliphatic rings. The largest absolute Gasteiger partial charge is 0.332 e. The normalized spacial score (nSPS) is 11.4. The maximum absolute atomic E-state index is 12.6. The molecule has 0 radical (unpaired) electrons. The summed E-state index contributed by atoms with van der Waals surface area (Å²) >= 11 is 5.22. The van der Waals surface area contributed by atoms with Crippen LogP contribution in [-0.4, -0.2) is 26.0 Å². The van der Waals surface area contributed by atoms with Gasteiger partial charge in [0.1, 0.15) is 0 Å². The van der Waals surface area contributed by atoms with Crippen molar-refractivity contribution in [2.24, 2.45) is 0 Å². The van der Waals surface area contributed by atoms with Crippen LogP contribution in [0.25, 0.3) is 16.8 Å². The van der Waals surface area contributed by atoms with Crippen molar-refractivity contribution in [2.45, 2.75) is 11.3 Å². The van der Waals surface area contributed by atoms with Crippen LogP contribution in [0.2, 0.25) is 0 Å². The summed E-state index contributed by atoms with van der Waals surface area (Å²) in [6, 6.07) is 29.7. The monoisotopic (exact) mass is 515 g/mol. The molecule has 0 bridgehead atoms. The van der Waals surface area contributed by atoms with Crippen molar-refractivity contribution in [3.63, 3.8) is 0 Å². The number of rotatable bonds is 8. The van der Waals surface area contributed by atoms with Gasteiger partial charge in [0.2, 0.25) is 15.9 Å². The van der Waals surface area contributed by atoms with Gasteiger partial charge in [0.25, 0.3) is 0 Å². The Labute approximate surface area is 216 Å². The molecular weight excluding hydrogens is 490 g/mol. The van der Waals surface area contributed by atoms with Gasteiger partial charge in [-0.3, -0.25) is 10.1 Å². The number of fused-ring (bicyclic) bond motifs is 1. The molecule has 0 heterocycles. The first-order valence-electron chi connectivity index (χ1n) is 11.3. The third-order valence-corrected chi connectivity index (χ3v) is 7.13. The molecular formula is C28H25N3O3S2. The van der Waals surface area contributed by atoms with Gasteiger partial charge >= 0.3 is 0 Å². The number of sulfonamides is 1. The molecule has 0 saturated heterocycles. The fourth-order valence-electron chi connectivity index (χ4n) is 3.65. The minimum atomic E-state index is -3.63. The summed E-state index contributed by atoms with van der Waals surface area (Å²) in [4.78, 5) is 12.5. The van der Waals surface area contributed by atoms with Crippen LogP contribution >= 0.6 is 12.2 Å². The lowest BCUT2D eigenvalue weighted by Crippen LogP contribution is -2.32. The maximum Gasteiger partial charge on any atom is 0.250 e. The van der Waals surface area contributed by atoms with E-state index in [0.717, 1.165) is 21.9 Å². The molecule has 36 heavy (non-hydrogen) atoms. The van der Waals surface area contributed by atoms with Crippen molar-refractivity contribution in [3.8, 4) is 0 Å². The molecule has 4 aromatic rings. The Hall–Kier alpha value is -3.85. The van der Waals surface area contributed by atoms with Crippen LogP contribution in [0.15, 0.2) is 108 Å². The zero-order valence-electron chi connectivity index (χ0n) is 19.3. The minimum Gasteiger partial charge on any atom is -0.332 e. The zero-order chi connectivity index (χ0) is 25.4. The molecule has 4 aromatic carbocycles. The summed E-state index contributed by atoms with van der Waals surface area (Å²) in [6.07, 6.45) is 3.76. The number of carbonyl (C=O) groups is 1. The average molecular weight is 516 g/mol. The van der Waals surface area contributed by atoms with E-state index in [1.807, 2.05) is 72.8 Å². The van der Waals surface area contributed by atoms with Gasteiger partial charge in [-0.15, -0.1) is 0 Å². The van der Waals surface area contributed by atoms with Crippen LogP contribution in [0, 0.1) is 0 Å². The van der Waals surface area contributed by atoms with E-state index in [9.17, 15) is 13.2 Å². The molecule has 0 aromatic heterocycles. The highest BCUT2D eigenvalue weighted by atomic mass is 32.2. The van der Waals surface area contributed by atoms with E-state index in [0.29, 0.717) is 18.7 Å². The molecule has 0 aliphatic carbocycles. The second kappa shape index (κ2) is 11.7. The Bertz CT molecular complexity index is 1500. The van der Waals surface area contributed by atoms with Gasteiger partial charge in [-0.05, 0) is 70.9 Å². The highest BCUT2D eigenvalue weighted by Gasteiger charge is 2.13. The average Bonchev–Trinajstić information content (AvgIpc) is 2.88. The Morgan fingerprint density at radius 2 is 1.53 bits per heavy atom. The van der Waals surface area contributed by atoms with E-state index in [4.69, 9.17) is 12.2 Å². The quantitative estimate of drug-likeness (QED) is 0.230. The number of nitrogens with one attached hydrogen (secondary N) is 3. The highest BCUT2D eigenvalue weighted by molar-refractivity contribution is 7.89. The molecule has 0 aliphatic heterocycles. The van der Waals surface area contributed by atoms with E-state index in [2.05, 4.69) is 15.4 Å². The highest BCUT2D eigenvalue weighted by Crippen LogP contribution is 2.19. The number of thiocarbonyl (C=S) groups is 1. The van der Waals surface area contributed by atoms with Gasteiger partial charge in [0, 0.05) is 18.3 Å². The molecule has 1 amide bonds. The van der Waals surface area contributed by atoms with Crippen LogP contribution in [-0.2, 0) is 21.2 Å². The molecule has 0 fully saturated rings. The number of anilines is 1. The Morgan fingerprint density at radius 1 is 0.833 bits per heavy atom. The lowest BCUT2D eigenvalue weighted by Gasteiger charge is -2.10. The standard InChI is InChI=1S/C28H25N3O3S2/c32-27(18-13-23-11-6-10-22-9-4-5-12-26(22)23)31-28(35)30-24-14-16-25(17-15-24)36(33,34)29-20-19-21-7-2-1-3-8-21/h1-18,29H,19-20H2,(H2,30,31,32,35). The summed E-state index contributed by atoms with van der Waals surface area (Å²) in [7, 11) is -3.63. The number of carbonyl (C=O) groups excluding carboxylic acids is 1. The molecule has 182 valence electrons. The molecule has 0 saturated carbocycles. The molecule has 8 heteroatoms. The van der Waals surface area contributed by atoms with Crippen molar-refractivity contribution in [2.75, 3.05) is 11.9 Å². The molecule has 3 N–H and O–H groups in total. The number of benzene rings is 4. The first kappa shape index (κ1) is 25.2. The third kappa shape index (κ3) is 6.85. The van der Waals surface area contributed by atoms with E-state index in [1.54, 1.807) is 18.2 Å². The third-order valence-electron chi connectivity index (χ3n) is 5.45. The van der Waals surface area contributed by atoms with Crippen molar-refractivity contribution < 1.29 is 13.2 Å². The van der Waals surface area contributed by atoms with E-state index < -0.39 is 10.0 Å². The molecule has 0 spiro atoms. The molecule has 0 atom stereocenters. The van der Waals surface area contributed by atoms with Crippen molar-refractivity contribution in [1.82, 2.24) is 10.0 Å². The SMILES string of the molecule is O=C(C=Cc1cccc2ccccc12)NC(=S)Nc1ccc(S(=O)(=O)NCCc2ccccc2)cc1. The lowest BCUT2D eigenvalue weighted by molar-refractivity contribution is -0.115. The van der Waals surface area contributed by atoms with Gasteiger partial charge < -0.3 is 5.32 Å². The van der Waals surface area contributed by atoms with E-state index in [1.165, 1.54) is 18.2 Å². The minimum absolute atomic E-state index is 0.110. The Morgan fingerprint density at radius 3 is 2.31 bits per heavy atom. The van der Waals surface area contributed by atoms with Gasteiger partial charge in [0.05, 0.1) is 4.90 Å². The summed E-state index contributed by atoms with van der Waals surface area (Å²) in [6.45, 7) is 0.300. The molecule has 0 unspecified atom stereocenters. The summed E-state index contributed by atoms with van der Waals surface area (Å²) in [5.41, 5.74) is 2.54. The fourth-order valence-corrected chi connectivity index (χ4v) is 4.90. The van der Waals surface area contributed by atoms with Crippen LogP contribution in [0.5, 0.6) is 0 Å². The topological polar surface area (TPSA) is 87.3 Å². The van der Waals surface area contributed by atoms with Crippen molar-refractivity contribution >= 4 is 55.8 Å². The van der Waals surface area contributed by atoms with Gasteiger partial charge in [-0.25, -0.2) is 13.1 Å². The van der Waals surface area contributed by atoms with Crippen LogP contribution in [0.4, 0.5) is 5.69 Å². The number of hydrogen-bond acceptors (Lipinski definition) is 4. The van der Waals surface area contributed by atoms with E-state index >= 15 is 0 Å². The van der Waals surface area contributed by atoms with Crippen molar-refractivity contribution in [1.29, 1.82) is 0 Å². The van der Waals surface area contributed by atoms with Crippen LogP contribution < -0.4 is 15.4 Å². The Balaban J connectivity index is 1.29. The molecule has 4 rings (SSSR count). The number of hydrogen-bond donors (Lipinski definition) is 3. The first-order chi connectivity index (χ1) is 17.4. The van der Waals surface area contributed by atoms with Gasteiger partial charge in [-0.2, -0.15) is 0 Å². The predicted molar refractivity (Wildman–Crippen MR) is 149 cm³/mol. The fraction of sp³-hybridized carbons (Fsp3) is 0.0714. The maximum atomic E-state index is 12.6. The van der Waals surface area contributed by atoms with E-state index in [-0.39, 0.29) is 15.9 Å². The summed E-state index contributed by atoms with van der Waals surface area (Å²) in [5.74, 6) is -0.373. The second-order valence-corrected chi connectivity index (χ2v) is 10.2.